The summed E-state index contributed by atoms with van der Waals surface area (Å²) in [5.41, 5.74) is 0.743. The summed E-state index contributed by atoms with van der Waals surface area (Å²) in [7, 11) is 1.21. The number of methoxy groups -OCH3 is 1. The summed E-state index contributed by atoms with van der Waals surface area (Å²) in [5.74, 6) is -1.73. The zero-order valence-electron chi connectivity index (χ0n) is 8.71. The highest BCUT2D eigenvalue weighted by molar-refractivity contribution is 5.97. The Hall–Kier alpha value is -2.17. The Morgan fingerprint density at radius 3 is 2.81 bits per heavy atom. The fourth-order valence-corrected chi connectivity index (χ4v) is 1.14. The van der Waals surface area contributed by atoms with Gasteiger partial charge in [-0.3, -0.25) is 9.78 Å². The second-order valence-corrected chi connectivity index (χ2v) is 3.02. The molecule has 5 nitrogen and oxygen atoms in total. The average molecular weight is 221 g/mol. The highest BCUT2D eigenvalue weighted by Crippen LogP contribution is 2.10. The molecule has 0 bridgehead atoms. The van der Waals surface area contributed by atoms with Gasteiger partial charge >= 0.3 is 11.9 Å². The number of carboxylic acid groups (broad SMARTS) is 1. The van der Waals surface area contributed by atoms with Crippen LogP contribution in [0.2, 0.25) is 0 Å². The predicted molar refractivity (Wildman–Crippen MR) is 56.5 cm³/mol. The van der Waals surface area contributed by atoms with E-state index in [9.17, 15) is 9.59 Å². The van der Waals surface area contributed by atoms with Crippen LogP contribution >= 0.6 is 0 Å². The first kappa shape index (κ1) is 11.9. The highest BCUT2D eigenvalue weighted by atomic mass is 16.5. The van der Waals surface area contributed by atoms with Gasteiger partial charge in [-0.2, -0.15) is 0 Å². The maximum Gasteiger partial charge on any atom is 0.334 e. The largest absolute Gasteiger partial charge is 0.481 e. The first-order valence-corrected chi connectivity index (χ1v) is 4.54. The first-order chi connectivity index (χ1) is 7.63. The maximum atomic E-state index is 11.3. The third-order valence-electron chi connectivity index (χ3n) is 1.81. The predicted octanol–water partition coefficient (Wildman–Crippen LogP) is 1.11. The summed E-state index contributed by atoms with van der Waals surface area (Å²) in [6, 6.07) is 3.42. The number of pyridine rings is 1. The zero-order valence-corrected chi connectivity index (χ0v) is 8.71. The van der Waals surface area contributed by atoms with E-state index >= 15 is 0 Å². The van der Waals surface area contributed by atoms with Gasteiger partial charge in [0.05, 0.1) is 13.5 Å². The fourth-order valence-electron chi connectivity index (χ4n) is 1.14. The monoisotopic (exact) mass is 221 g/mol. The first-order valence-electron chi connectivity index (χ1n) is 4.54. The molecule has 0 fully saturated rings. The van der Waals surface area contributed by atoms with Crippen molar-refractivity contribution in [2.24, 2.45) is 0 Å². The smallest absolute Gasteiger partial charge is 0.334 e. The van der Waals surface area contributed by atoms with Gasteiger partial charge in [-0.1, -0.05) is 6.07 Å². The van der Waals surface area contributed by atoms with Crippen LogP contribution < -0.4 is 0 Å². The number of rotatable bonds is 4. The molecular weight excluding hydrogens is 210 g/mol. The number of aliphatic carboxylic acids is 1. The van der Waals surface area contributed by atoms with Crippen LogP contribution in [0.5, 0.6) is 0 Å². The van der Waals surface area contributed by atoms with E-state index in [1.807, 2.05) is 0 Å². The normalized spacial score (nSPS) is 10.9. The SMILES string of the molecule is COC(=O)C(=Cc1cccnc1)CC(=O)O. The van der Waals surface area contributed by atoms with Crippen molar-refractivity contribution in [3.8, 4) is 0 Å². The minimum Gasteiger partial charge on any atom is -0.481 e. The lowest BCUT2D eigenvalue weighted by atomic mass is 10.1. The number of carbonyl (C=O) groups is 2. The molecule has 0 aliphatic rings. The molecule has 1 rings (SSSR count). The second kappa shape index (κ2) is 5.65. The van der Waals surface area contributed by atoms with Crippen molar-refractivity contribution in [2.45, 2.75) is 6.42 Å². The van der Waals surface area contributed by atoms with Crippen LogP contribution in [-0.2, 0) is 14.3 Å². The molecule has 0 aliphatic carbocycles. The van der Waals surface area contributed by atoms with Gasteiger partial charge in [0.2, 0.25) is 0 Å². The van der Waals surface area contributed by atoms with Gasteiger partial charge in [0.1, 0.15) is 0 Å². The topological polar surface area (TPSA) is 76.5 Å². The molecule has 0 unspecified atom stereocenters. The molecule has 0 saturated carbocycles. The lowest BCUT2D eigenvalue weighted by Crippen LogP contribution is -2.09. The fraction of sp³-hybridized carbons (Fsp3) is 0.182. The number of nitrogens with zero attached hydrogens (tertiary/aromatic N) is 1. The van der Waals surface area contributed by atoms with Gasteiger partial charge in [-0.15, -0.1) is 0 Å². The Kier molecular flexibility index (Phi) is 4.20. The standard InChI is InChI=1S/C11H11NO4/c1-16-11(15)9(6-10(13)14)5-8-3-2-4-12-7-8/h2-5,7H,6H2,1H3,(H,13,14). The molecule has 1 heterocycles. The zero-order chi connectivity index (χ0) is 12.0. The summed E-state index contributed by atoms with van der Waals surface area (Å²) < 4.78 is 4.49. The van der Waals surface area contributed by atoms with E-state index in [4.69, 9.17) is 5.11 Å². The molecule has 84 valence electrons. The van der Waals surface area contributed by atoms with Gasteiger partial charge in [0, 0.05) is 18.0 Å². The molecule has 0 spiro atoms. The molecule has 16 heavy (non-hydrogen) atoms. The number of carbonyl (C=O) groups excluding carboxylic acids is 1. The molecule has 1 aromatic heterocycles. The Morgan fingerprint density at radius 1 is 1.56 bits per heavy atom. The third kappa shape index (κ3) is 3.53. The molecular formula is C11H11NO4. The molecule has 0 saturated heterocycles. The van der Waals surface area contributed by atoms with Gasteiger partial charge in [0.15, 0.2) is 0 Å². The van der Waals surface area contributed by atoms with E-state index in [1.165, 1.54) is 19.4 Å². The van der Waals surface area contributed by atoms with Crippen molar-refractivity contribution in [2.75, 3.05) is 7.11 Å². The lowest BCUT2D eigenvalue weighted by Gasteiger charge is -2.02. The highest BCUT2D eigenvalue weighted by Gasteiger charge is 2.13. The van der Waals surface area contributed by atoms with Crippen molar-refractivity contribution < 1.29 is 19.4 Å². The number of hydrogen-bond acceptors (Lipinski definition) is 4. The quantitative estimate of drug-likeness (QED) is 0.608. The van der Waals surface area contributed by atoms with Crippen LogP contribution in [-0.4, -0.2) is 29.1 Å². The van der Waals surface area contributed by atoms with E-state index in [0.717, 1.165) is 0 Å². The second-order valence-electron chi connectivity index (χ2n) is 3.02. The molecule has 1 aromatic rings. The Morgan fingerprint density at radius 2 is 2.31 bits per heavy atom. The van der Waals surface area contributed by atoms with Crippen LogP contribution in [0.3, 0.4) is 0 Å². The summed E-state index contributed by atoms with van der Waals surface area (Å²) in [6.45, 7) is 0. The van der Waals surface area contributed by atoms with E-state index in [-0.39, 0.29) is 12.0 Å². The molecule has 0 amide bonds. The van der Waals surface area contributed by atoms with Crippen molar-refractivity contribution in [3.05, 3.63) is 35.7 Å². The molecule has 1 N–H and O–H groups in total. The summed E-state index contributed by atoms with van der Waals surface area (Å²) >= 11 is 0. The van der Waals surface area contributed by atoms with Gasteiger partial charge in [0.25, 0.3) is 0 Å². The molecule has 0 aromatic carbocycles. The van der Waals surface area contributed by atoms with Crippen LogP contribution in [0, 0.1) is 0 Å². The van der Waals surface area contributed by atoms with Crippen LogP contribution in [0.1, 0.15) is 12.0 Å². The third-order valence-corrected chi connectivity index (χ3v) is 1.81. The maximum absolute atomic E-state index is 11.3. The Balaban J connectivity index is 2.96. The molecule has 0 radical (unpaired) electrons. The van der Waals surface area contributed by atoms with Gasteiger partial charge in [-0.05, 0) is 17.7 Å². The van der Waals surface area contributed by atoms with E-state index in [1.54, 1.807) is 18.3 Å². The van der Waals surface area contributed by atoms with E-state index in [2.05, 4.69) is 9.72 Å². The lowest BCUT2D eigenvalue weighted by molar-refractivity contribution is -0.141. The minimum absolute atomic E-state index is 0.0861. The number of carboxylic acids is 1. The van der Waals surface area contributed by atoms with Gasteiger partial charge in [-0.25, -0.2) is 4.79 Å². The van der Waals surface area contributed by atoms with Crippen molar-refractivity contribution in [1.29, 1.82) is 0 Å². The van der Waals surface area contributed by atoms with Crippen LogP contribution in [0.15, 0.2) is 30.1 Å². The summed E-state index contributed by atoms with van der Waals surface area (Å²) in [4.78, 5) is 25.7. The van der Waals surface area contributed by atoms with Crippen LogP contribution in [0.4, 0.5) is 0 Å². The molecule has 5 heteroatoms. The molecule has 0 atom stereocenters. The summed E-state index contributed by atoms with van der Waals surface area (Å²) in [5, 5.41) is 8.64. The van der Waals surface area contributed by atoms with Crippen molar-refractivity contribution in [1.82, 2.24) is 4.98 Å². The van der Waals surface area contributed by atoms with E-state index in [0.29, 0.717) is 5.56 Å². The Labute approximate surface area is 92.4 Å². The minimum atomic E-state index is -1.08. The van der Waals surface area contributed by atoms with Crippen molar-refractivity contribution in [3.63, 3.8) is 0 Å². The average Bonchev–Trinajstić information content (AvgIpc) is 2.28. The molecule has 0 aliphatic heterocycles. The van der Waals surface area contributed by atoms with Crippen LogP contribution in [0.25, 0.3) is 6.08 Å². The van der Waals surface area contributed by atoms with Crippen molar-refractivity contribution >= 4 is 18.0 Å². The Bertz CT molecular complexity index is 411. The number of ether oxygens (including phenoxy) is 1. The van der Waals surface area contributed by atoms with E-state index < -0.39 is 11.9 Å². The number of aromatic nitrogens is 1. The number of esters is 1. The number of hydrogen-bond donors (Lipinski definition) is 1. The summed E-state index contributed by atoms with van der Waals surface area (Å²) in [6.07, 6.45) is 4.20. The van der Waals surface area contributed by atoms with Gasteiger partial charge < -0.3 is 9.84 Å².